The molecular formula is C21H21NO7S. The molecule has 0 spiro atoms. The van der Waals surface area contributed by atoms with Crippen molar-refractivity contribution < 1.29 is 34.1 Å². The molecule has 1 amide bonds. The summed E-state index contributed by atoms with van der Waals surface area (Å²) in [5.74, 6) is -2.22. The van der Waals surface area contributed by atoms with Gasteiger partial charge in [0.1, 0.15) is 0 Å². The average molecular weight is 431 g/mol. The van der Waals surface area contributed by atoms with Gasteiger partial charge in [0, 0.05) is 6.54 Å². The van der Waals surface area contributed by atoms with E-state index in [1.165, 1.54) is 35.5 Å². The number of hydrogen-bond donors (Lipinski definition) is 2. The molecule has 1 aliphatic heterocycles. The van der Waals surface area contributed by atoms with Crippen LogP contribution in [-0.4, -0.2) is 66.2 Å². The van der Waals surface area contributed by atoms with Crippen LogP contribution < -0.4 is 0 Å². The van der Waals surface area contributed by atoms with Crippen LogP contribution in [0.4, 0.5) is 0 Å². The van der Waals surface area contributed by atoms with Crippen molar-refractivity contribution in [3.8, 4) is 0 Å². The van der Waals surface area contributed by atoms with Gasteiger partial charge in [0.05, 0.1) is 49.0 Å². The van der Waals surface area contributed by atoms with Crippen molar-refractivity contribution in [2.75, 3.05) is 33.5 Å². The third-order valence-corrected chi connectivity index (χ3v) is 5.52. The Kier molecular flexibility index (Phi) is 6.99. The molecule has 1 atom stereocenters. The first-order valence-electron chi connectivity index (χ1n) is 9.18. The molecule has 0 radical (unpaired) electrons. The highest BCUT2D eigenvalue weighted by Crippen LogP contribution is 2.39. The summed E-state index contributed by atoms with van der Waals surface area (Å²) in [5.41, 5.74) is 0.861. The van der Waals surface area contributed by atoms with Crippen LogP contribution in [0.15, 0.2) is 53.1 Å². The average Bonchev–Trinajstić information content (AvgIpc) is 3.39. The molecule has 0 aliphatic carbocycles. The van der Waals surface area contributed by atoms with Crippen molar-refractivity contribution in [2.45, 2.75) is 6.04 Å². The van der Waals surface area contributed by atoms with Crippen molar-refractivity contribution in [1.29, 1.82) is 0 Å². The van der Waals surface area contributed by atoms with Gasteiger partial charge in [-0.25, -0.2) is 4.79 Å². The van der Waals surface area contributed by atoms with Gasteiger partial charge in [0.15, 0.2) is 5.76 Å². The van der Waals surface area contributed by atoms with E-state index in [-0.39, 0.29) is 31.9 Å². The zero-order valence-electron chi connectivity index (χ0n) is 16.2. The number of Topliss-reactive ketones (excluding diaryl/α,β-unsaturated/α-hetero) is 1. The lowest BCUT2D eigenvalue weighted by Gasteiger charge is -2.26. The second-order valence-corrected chi connectivity index (χ2v) is 7.37. The van der Waals surface area contributed by atoms with Gasteiger partial charge in [0.2, 0.25) is 5.78 Å². The minimum atomic E-state index is -0.837. The highest BCUT2D eigenvalue weighted by atomic mass is 32.1. The number of rotatable bonds is 9. The van der Waals surface area contributed by atoms with Crippen LogP contribution in [0, 0.1) is 0 Å². The number of aliphatic hydroxyl groups is 2. The van der Waals surface area contributed by atoms with Crippen LogP contribution in [0.25, 0.3) is 0 Å². The largest absolute Gasteiger partial charge is 0.503 e. The number of aliphatic hydroxyl groups excluding tert-OH is 2. The number of ketones is 1. The number of carbonyl (C=O) groups excluding carboxylic acids is 3. The number of benzene rings is 1. The quantitative estimate of drug-likeness (QED) is 0.355. The zero-order valence-corrected chi connectivity index (χ0v) is 17.1. The number of carbonyl (C=O) groups is 3. The normalized spacial score (nSPS) is 16.3. The van der Waals surface area contributed by atoms with Gasteiger partial charge in [0.25, 0.3) is 5.91 Å². The number of esters is 1. The summed E-state index contributed by atoms with van der Waals surface area (Å²) in [6, 6.07) is 8.81. The van der Waals surface area contributed by atoms with E-state index in [1.54, 1.807) is 29.6 Å². The van der Waals surface area contributed by atoms with Crippen LogP contribution in [0.3, 0.4) is 0 Å². The van der Waals surface area contributed by atoms with Crippen molar-refractivity contribution in [1.82, 2.24) is 4.90 Å². The Hall–Kier alpha value is -3.01. The highest BCUT2D eigenvalue weighted by molar-refractivity contribution is 7.12. The molecule has 0 saturated heterocycles. The Morgan fingerprint density at radius 2 is 1.90 bits per heavy atom. The Bertz CT molecular complexity index is 950. The number of ether oxygens (including phenoxy) is 2. The van der Waals surface area contributed by atoms with Crippen molar-refractivity contribution in [2.24, 2.45) is 0 Å². The molecule has 9 heteroatoms. The van der Waals surface area contributed by atoms with Gasteiger partial charge in [-0.3, -0.25) is 9.59 Å². The molecule has 0 unspecified atom stereocenters. The summed E-state index contributed by atoms with van der Waals surface area (Å²) >= 11 is 1.22. The molecule has 158 valence electrons. The smallest absolute Gasteiger partial charge is 0.337 e. The number of hydrogen-bond acceptors (Lipinski definition) is 8. The second kappa shape index (κ2) is 9.66. The minimum Gasteiger partial charge on any atom is -0.503 e. The molecule has 0 bridgehead atoms. The maximum Gasteiger partial charge on any atom is 0.337 e. The van der Waals surface area contributed by atoms with Crippen molar-refractivity contribution in [3.63, 3.8) is 0 Å². The standard InChI is InChI=1S/C21H21NO7S/c1-28-21(27)14-6-4-13(5-7-14)17-16(18(24)15-3-2-12-30-15)19(25)20(26)22(17)8-10-29-11-9-23/h2-7,12,17,23,25H,8-11H2,1H3/t17-/m1/s1. The Labute approximate surface area is 177 Å². The maximum absolute atomic E-state index is 13.1. The SMILES string of the molecule is COC(=O)c1ccc([C@@H]2C(C(=O)c3cccs3)=C(O)C(=O)N2CCOCCO)cc1. The topological polar surface area (TPSA) is 113 Å². The third kappa shape index (κ3) is 4.28. The fourth-order valence-corrected chi connectivity index (χ4v) is 3.93. The number of thiophene rings is 1. The monoisotopic (exact) mass is 431 g/mol. The first-order chi connectivity index (χ1) is 14.5. The van der Waals surface area contributed by atoms with Crippen LogP contribution >= 0.6 is 11.3 Å². The molecule has 2 N–H and O–H groups in total. The molecule has 1 aliphatic rings. The van der Waals surface area contributed by atoms with Crippen LogP contribution in [0.2, 0.25) is 0 Å². The molecule has 2 heterocycles. The lowest BCUT2D eigenvalue weighted by Crippen LogP contribution is -2.34. The molecule has 1 aromatic carbocycles. The summed E-state index contributed by atoms with van der Waals surface area (Å²) in [5, 5.41) is 21.1. The third-order valence-electron chi connectivity index (χ3n) is 4.65. The second-order valence-electron chi connectivity index (χ2n) is 6.42. The van der Waals surface area contributed by atoms with Crippen molar-refractivity contribution >= 4 is 29.0 Å². The number of methoxy groups -OCH3 is 1. The molecule has 0 fully saturated rings. The van der Waals surface area contributed by atoms with E-state index in [2.05, 4.69) is 0 Å². The Morgan fingerprint density at radius 1 is 1.17 bits per heavy atom. The number of amides is 1. The molecule has 30 heavy (non-hydrogen) atoms. The van der Waals surface area contributed by atoms with E-state index in [1.807, 2.05) is 0 Å². The first kappa shape index (κ1) is 21.7. The minimum absolute atomic E-state index is 0.0181. The lowest BCUT2D eigenvalue weighted by atomic mass is 9.94. The molecule has 1 aromatic heterocycles. The van der Waals surface area contributed by atoms with E-state index in [0.29, 0.717) is 16.0 Å². The Morgan fingerprint density at radius 3 is 2.50 bits per heavy atom. The van der Waals surface area contributed by atoms with E-state index in [4.69, 9.17) is 14.6 Å². The van der Waals surface area contributed by atoms with Crippen LogP contribution in [0.1, 0.15) is 31.6 Å². The molecule has 2 aromatic rings. The summed E-state index contributed by atoms with van der Waals surface area (Å²) in [4.78, 5) is 39.3. The molecule has 3 rings (SSSR count). The predicted octanol–water partition coefficient (Wildman–Crippen LogP) is 2.12. The summed E-state index contributed by atoms with van der Waals surface area (Å²) in [7, 11) is 1.28. The predicted molar refractivity (Wildman–Crippen MR) is 108 cm³/mol. The van der Waals surface area contributed by atoms with Gasteiger partial charge < -0.3 is 24.6 Å². The van der Waals surface area contributed by atoms with Crippen LogP contribution in [-0.2, 0) is 14.3 Å². The summed E-state index contributed by atoms with van der Waals surface area (Å²) in [6.07, 6.45) is 0. The van der Waals surface area contributed by atoms with E-state index in [9.17, 15) is 19.5 Å². The highest BCUT2D eigenvalue weighted by Gasteiger charge is 2.43. The van der Waals surface area contributed by atoms with Gasteiger partial charge in [-0.05, 0) is 29.1 Å². The van der Waals surface area contributed by atoms with Gasteiger partial charge in [-0.1, -0.05) is 18.2 Å². The lowest BCUT2D eigenvalue weighted by molar-refractivity contribution is -0.130. The van der Waals surface area contributed by atoms with Gasteiger partial charge in [-0.2, -0.15) is 0 Å². The van der Waals surface area contributed by atoms with Crippen molar-refractivity contribution in [3.05, 3.63) is 69.1 Å². The Balaban J connectivity index is 1.97. The van der Waals surface area contributed by atoms with E-state index in [0.717, 1.165) is 0 Å². The van der Waals surface area contributed by atoms with E-state index >= 15 is 0 Å². The van der Waals surface area contributed by atoms with E-state index < -0.39 is 29.5 Å². The van der Waals surface area contributed by atoms with Gasteiger partial charge >= 0.3 is 5.97 Å². The first-order valence-corrected chi connectivity index (χ1v) is 10.1. The zero-order chi connectivity index (χ0) is 21.7. The fourth-order valence-electron chi connectivity index (χ4n) is 3.25. The number of nitrogens with zero attached hydrogens (tertiary/aromatic N) is 1. The van der Waals surface area contributed by atoms with Crippen LogP contribution in [0.5, 0.6) is 0 Å². The van der Waals surface area contributed by atoms with Gasteiger partial charge in [-0.15, -0.1) is 11.3 Å². The molecule has 8 nitrogen and oxygen atoms in total. The maximum atomic E-state index is 13.1. The summed E-state index contributed by atoms with van der Waals surface area (Å²) in [6.45, 7) is 0.184. The molecule has 0 saturated carbocycles. The fraction of sp³-hybridized carbons (Fsp3) is 0.286. The molecular weight excluding hydrogens is 410 g/mol. The summed E-state index contributed by atoms with van der Waals surface area (Å²) < 4.78 is 9.96.